The van der Waals surface area contributed by atoms with Gasteiger partial charge in [0.15, 0.2) is 4.34 Å². The number of rotatable bonds is 7. The molecule has 30 heavy (non-hydrogen) atoms. The monoisotopic (exact) mass is 451 g/mol. The minimum atomic E-state index is -0.332. The van der Waals surface area contributed by atoms with Gasteiger partial charge in [0.1, 0.15) is 5.58 Å². The van der Waals surface area contributed by atoms with Crippen molar-refractivity contribution in [3.63, 3.8) is 0 Å². The lowest BCUT2D eigenvalue weighted by atomic mass is 10.0. The van der Waals surface area contributed by atoms with Gasteiger partial charge in [0.05, 0.1) is 0 Å². The third kappa shape index (κ3) is 4.12. The fourth-order valence-electron chi connectivity index (χ4n) is 3.36. The van der Waals surface area contributed by atoms with Gasteiger partial charge in [-0.15, -0.1) is 21.5 Å². The lowest BCUT2D eigenvalue weighted by Gasteiger charge is -2.07. The van der Waals surface area contributed by atoms with E-state index in [9.17, 15) is 4.79 Å². The van der Waals surface area contributed by atoms with Crippen molar-refractivity contribution >= 4 is 61.3 Å². The van der Waals surface area contributed by atoms with E-state index in [0.29, 0.717) is 11.3 Å². The number of thioether (sulfide) groups is 1. The van der Waals surface area contributed by atoms with Crippen molar-refractivity contribution in [3.05, 3.63) is 80.8 Å². The van der Waals surface area contributed by atoms with E-state index in [1.165, 1.54) is 16.2 Å². The van der Waals surface area contributed by atoms with Crippen LogP contribution in [0.4, 0.5) is 5.13 Å². The van der Waals surface area contributed by atoms with Gasteiger partial charge in [-0.1, -0.05) is 59.5 Å². The molecule has 150 valence electrons. The average Bonchev–Trinajstić information content (AvgIpc) is 3.44. The molecular weight excluding hydrogens is 434 g/mol. The number of nitrogens with zero attached hydrogens (tertiary/aromatic N) is 2. The summed E-state index contributed by atoms with van der Waals surface area (Å²) in [5.41, 5.74) is 1.23. The van der Waals surface area contributed by atoms with Crippen molar-refractivity contribution in [3.8, 4) is 0 Å². The number of anilines is 1. The second kappa shape index (κ2) is 8.59. The lowest BCUT2D eigenvalue weighted by molar-refractivity contribution is 0.560. The molecular formula is C22H17N3O2S3. The Hall–Kier alpha value is -2.68. The molecule has 5 aromatic rings. The van der Waals surface area contributed by atoms with Crippen molar-refractivity contribution < 1.29 is 4.42 Å². The third-order valence-corrected chi connectivity index (χ3v) is 7.70. The highest BCUT2D eigenvalue weighted by Crippen LogP contribution is 2.33. The van der Waals surface area contributed by atoms with Gasteiger partial charge < -0.3 is 9.73 Å². The van der Waals surface area contributed by atoms with Crippen LogP contribution in [0, 0.1) is 0 Å². The van der Waals surface area contributed by atoms with Gasteiger partial charge in [-0.2, -0.15) is 0 Å². The van der Waals surface area contributed by atoms with Crippen LogP contribution in [-0.4, -0.2) is 16.7 Å². The number of benzene rings is 2. The van der Waals surface area contributed by atoms with Crippen molar-refractivity contribution in [2.24, 2.45) is 0 Å². The van der Waals surface area contributed by atoms with Crippen LogP contribution >= 0.6 is 34.4 Å². The van der Waals surface area contributed by atoms with Crippen LogP contribution in [0.3, 0.4) is 0 Å². The molecule has 3 heterocycles. The molecule has 5 rings (SSSR count). The summed E-state index contributed by atoms with van der Waals surface area (Å²) in [6.07, 6.45) is 0.971. The largest absolute Gasteiger partial charge is 0.423 e. The van der Waals surface area contributed by atoms with Crippen molar-refractivity contribution in [2.75, 3.05) is 11.9 Å². The molecule has 0 fully saturated rings. The molecule has 0 aliphatic heterocycles. The van der Waals surface area contributed by atoms with Crippen LogP contribution in [0.1, 0.15) is 10.4 Å². The second-order valence-electron chi connectivity index (χ2n) is 6.67. The zero-order chi connectivity index (χ0) is 20.3. The molecule has 0 saturated carbocycles. The first-order chi connectivity index (χ1) is 14.8. The number of thiophene rings is 1. The summed E-state index contributed by atoms with van der Waals surface area (Å²) in [6, 6.07) is 17.8. The summed E-state index contributed by atoms with van der Waals surface area (Å²) in [4.78, 5) is 13.4. The van der Waals surface area contributed by atoms with E-state index in [2.05, 4.69) is 45.2 Å². The Kier molecular flexibility index (Phi) is 5.52. The maximum Gasteiger partial charge on any atom is 0.336 e. The van der Waals surface area contributed by atoms with E-state index in [4.69, 9.17) is 4.42 Å². The average molecular weight is 452 g/mol. The molecule has 8 heteroatoms. The molecule has 0 aliphatic carbocycles. The molecule has 2 aromatic carbocycles. The molecule has 0 radical (unpaired) electrons. The van der Waals surface area contributed by atoms with E-state index in [1.807, 2.05) is 24.3 Å². The first kappa shape index (κ1) is 19.3. The predicted molar refractivity (Wildman–Crippen MR) is 126 cm³/mol. The van der Waals surface area contributed by atoms with Gasteiger partial charge in [-0.25, -0.2) is 4.79 Å². The quantitative estimate of drug-likeness (QED) is 0.191. The number of nitrogens with one attached hydrogen (secondary N) is 1. The van der Waals surface area contributed by atoms with E-state index >= 15 is 0 Å². The summed E-state index contributed by atoms with van der Waals surface area (Å²) in [5, 5.41) is 18.0. The fraction of sp³-hybridized carbons (Fsp3) is 0.136. The number of hydrogen-bond donors (Lipinski definition) is 1. The summed E-state index contributed by atoms with van der Waals surface area (Å²) < 4.78 is 6.31. The van der Waals surface area contributed by atoms with Crippen molar-refractivity contribution in [1.29, 1.82) is 0 Å². The van der Waals surface area contributed by atoms with Crippen LogP contribution in [0.5, 0.6) is 0 Å². The number of fused-ring (bicyclic) bond motifs is 3. The molecule has 0 spiro atoms. The normalized spacial score (nSPS) is 11.3. The highest BCUT2D eigenvalue weighted by atomic mass is 32.2. The third-order valence-electron chi connectivity index (χ3n) is 4.70. The van der Waals surface area contributed by atoms with Crippen LogP contribution in [0.2, 0.25) is 0 Å². The van der Waals surface area contributed by atoms with Crippen molar-refractivity contribution in [1.82, 2.24) is 10.2 Å². The summed E-state index contributed by atoms with van der Waals surface area (Å²) >= 11 is 4.88. The summed E-state index contributed by atoms with van der Waals surface area (Å²) in [6.45, 7) is 0.830. The molecule has 0 bridgehead atoms. The first-order valence-corrected chi connectivity index (χ1v) is 12.1. The first-order valence-electron chi connectivity index (χ1n) is 9.43. The minimum absolute atomic E-state index is 0.332. The van der Waals surface area contributed by atoms with E-state index < -0.39 is 0 Å². The molecule has 0 atom stereocenters. The number of hydrogen-bond acceptors (Lipinski definition) is 8. The highest BCUT2D eigenvalue weighted by molar-refractivity contribution is 8.00. The van der Waals surface area contributed by atoms with E-state index in [-0.39, 0.29) is 5.63 Å². The van der Waals surface area contributed by atoms with Gasteiger partial charge >= 0.3 is 5.63 Å². The van der Waals surface area contributed by atoms with Gasteiger partial charge in [-0.3, -0.25) is 0 Å². The Morgan fingerprint density at radius 3 is 2.90 bits per heavy atom. The smallest absolute Gasteiger partial charge is 0.336 e. The van der Waals surface area contributed by atoms with Crippen LogP contribution < -0.4 is 10.9 Å². The summed E-state index contributed by atoms with van der Waals surface area (Å²) in [7, 11) is 0. The Labute approximate surface area is 184 Å². The Bertz CT molecular complexity index is 1360. The van der Waals surface area contributed by atoms with Gasteiger partial charge in [-0.05, 0) is 40.3 Å². The lowest BCUT2D eigenvalue weighted by Crippen LogP contribution is -2.03. The standard InChI is InChI=1S/C22H17N3O2S3/c26-19-12-15(20-17-6-2-1-4-14(17)7-8-18(20)27-19)13-29-22-25-24-21(30-22)23-10-9-16-5-3-11-28-16/h1-8,11-12H,9-10,13H2,(H,23,24). The second-order valence-corrected chi connectivity index (χ2v) is 9.90. The van der Waals surface area contributed by atoms with E-state index in [0.717, 1.165) is 44.2 Å². The van der Waals surface area contributed by atoms with Gasteiger partial charge in [0.25, 0.3) is 0 Å². The Morgan fingerprint density at radius 2 is 2.00 bits per heavy atom. The zero-order valence-corrected chi connectivity index (χ0v) is 18.3. The molecule has 0 amide bonds. The Balaban J connectivity index is 1.33. The van der Waals surface area contributed by atoms with Crippen LogP contribution in [0.15, 0.2) is 73.5 Å². The van der Waals surface area contributed by atoms with Gasteiger partial charge in [0.2, 0.25) is 5.13 Å². The zero-order valence-electron chi connectivity index (χ0n) is 15.8. The predicted octanol–water partition coefficient (Wildman–Crippen LogP) is 5.81. The van der Waals surface area contributed by atoms with Crippen LogP contribution in [-0.2, 0) is 12.2 Å². The Morgan fingerprint density at radius 1 is 1.07 bits per heavy atom. The summed E-state index contributed by atoms with van der Waals surface area (Å²) in [5.74, 6) is 0.625. The topological polar surface area (TPSA) is 68.0 Å². The maximum absolute atomic E-state index is 12.1. The maximum atomic E-state index is 12.1. The molecule has 0 aliphatic rings. The molecule has 3 aromatic heterocycles. The molecule has 5 nitrogen and oxygen atoms in total. The van der Waals surface area contributed by atoms with E-state index in [1.54, 1.807) is 29.2 Å². The molecule has 0 saturated heterocycles. The number of aromatic nitrogens is 2. The molecule has 1 N–H and O–H groups in total. The SMILES string of the molecule is O=c1cc(CSc2nnc(NCCc3cccs3)s2)c2c(ccc3ccccc32)o1. The van der Waals surface area contributed by atoms with Gasteiger partial charge in [0, 0.05) is 28.6 Å². The minimum Gasteiger partial charge on any atom is -0.423 e. The van der Waals surface area contributed by atoms with Crippen molar-refractivity contribution in [2.45, 2.75) is 16.5 Å². The highest BCUT2D eigenvalue weighted by Gasteiger charge is 2.12. The molecule has 0 unspecified atom stereocenters. The van der Waals surface area contributed by atoms with Crippen LogP contribution in [0.25, 0.3) is 21.7 Å². The fourth-order valence-corrected chi connectivity index (χ4v) is 5.83.